The number of carbonyl (C=O) groups is 3. The van der Waals surface area contributed by atoms with E-state index in [-0.39, 0.29) is 12.7 Å². The summed E-state index contributed by atoms with van der Waals surface area (Å²) >= 11 is 0. The number of esters is 3. The maximum atomic E-state index is 11.6. The van der Waals surface area contributed by atoms with Gasteiger partial charge in [0.1, 0.15) is 12.7 Å². The molecule has 7 nitrogen and oxygen atoms in total. The Hall–Kier alpha value is -1.89. The summed E-state index contributed by atoms with van der Waals surface area (Å²) in [6.07, 6.45) is 14.0. The van der Waals surface area contributed by atoms with Crippen molar-refractivity contribution in [2.24, 2.45) is 0 Å². The Balaban J connectivity index is 1.98. The molecule has 1 aliphatic carbocycles. The van der Waals surface area contributed by atoms with Crippen molar-refractivity contribution in [3.8, 4) is 0 Å². The first kappa shape index (κ1) is 25.1. The van der Waals surface area contributed by atoms with Crippen molar-refractivity contribution < 1.29 is 33.3 Å². The molecule has 0 aromatic rings. The SMILES string of the molecule is CCCCCCCCOCCOC(=O)/C=C/C(=O)OCC(=O)OC1CCCCC1. The van der Waals surface area contributed by atoms with Crippen molar-refractivity contribution in [1.29, 1.82) is 0 Å². The Morgan fingerprint density at radius 1 is 0.793 bits per heavy atom. The molecule has 0 aromatic carbocycles. The number of carbonyl (C=O) groups excluding carboxylic acids is 3. The van der Waals surface area contributed by atoms with E-state index in [2.05, 4.69) is 6.92 Å². The van der Waals surface area contributed by atoms with E-state index >= 15 is 0 Å². The Morgan fingerprint density at radius 3 is 2.17 bits per heavy atom. The van der Waals surface area contributed by atoms with Gasteiger partial charge in [0.25, 0.3) is 0 Å². The van der Waals surface area contributed by atoms with E-state index < -0.39 is 24.5 Å². The molecule has 0 unspecified atom stereocenters. The average Bonchev–Trinajstić information content (AvgIpc) is 2.73. The predicted molar refractivity (Wildman–Crippen MR) is 108 cm³/mol. The summed E-state index contributed by atoms with van der Waals surface area (Å²) in [7, 11) is 0. The van der Waals surface area contributed by atoms with E-state index in [1.165, 1.54) is 25.7 Å². The number of unbranched alkanes of at least 4 members (excludes halogenated alkanes) is 5. The number of rotatable bonds is 15. The van der Waals surface area contributed by atoms with Gasteiger partial charge in [0, 0.05) is 18.8 Å². The molecule has 1 aliphatic rings. The predicted octanol–water partition coefficient (Wildman–Crippen LogP) is 3.88. The van der Waals surface area contributed by atoms with Gasteiger partial charge in [-0.05, 0) is 32.1 Å². The van der Waals surface area contributed by atoms with Crippen molar-refractivity contribution >= 4 is 17.9 Å². The fraction of sp³-hybridized carbons (Fsp3) is 0.773. The Morgan fingerprint density at radius 2 is 1.45 bits per heavy atom. The quantitative estimate of drug-likeness (QED) is 0.174. The summed E-state index contributed by atoms with van der Waals surface area (Å²) < 4.78 is 20.3. The fourth-order valence-electron chi connectivity index (χ4n) is 3.05. The standard InChI is InChI=1S/C22H36O7/c1-2-3-4-5-6-10-15-26-16-17-27-20(23)13-14-21(24)28-18-22(25)29-19-11-8-7-9-12-19/h13-14,19H,2-12,15-18H2,1H3/b14-13+. The summed E-state index contributed by atoms with van der Waals surface area (Å²) in [6, 6.07) is 0. The van der Waals surface area contributed by atoms with E-state index in [0.29, 0.717) is 13.2 Å². The molecule has 0 bridgehead atoms. The zero-order valence-corrected chi connectivity index (χ0v) is 17.7. The second kappa shape index (κ2) is 17.0. The van der Waals surface area contributed by atoms with Gasteiger partial charge in [-0.2, -0.15) is 0 Å². The minimum atomic E-state index is -0.790. The lowest BCUT2D eigenvalue weighted by Crippen LogP contribution is -2.24. The second-order valence-electron chi connectivity index (χ2n) is 7.24. The van der Waals surface area contributed by atoms with Crippen LogP contribution in [0.25, 0.3) is 0 Å². The van der Waals surface area contributed by atoms with Gasteiger partial charge < -0.3 is 18.9 Å². The second-order valence-corrected chi connectivity index (χ2v) is 7.24. The van der Waals surface area contributed by atoms with Crippen molar-refractivity contribution in [3.05, 3.63) is 12.2 Å². The van der Waals surface area contributed by atoms with E-state index in [1.807, 2.05) is 0 Å². The lowest BCUT2D eigenvalue weighted by Gasteiger charge is -2.21. The van der Waals surface area contributed by atoms with Gasteiger partial charge in [-0.1, -0.05) is 45.4 Å². The first-order chi connectivity index (χ1) is 14.1. The van der Waals surface area contributed by atoms with Gasteiger partial charge in [0.15, 0.2) is 6.61 Å². The fourth-order valence-corrected chi connectivity index (χ4v) is 3.05. The lowest BCUT2D eigenvalue weighted by molar-refractivity contribution is -0.161. The van der Waals surface area contributed by atoms with Crippen LogP contribution in [0.1, 0.15) is 77.6 Å². The van der Waals surface area contributed by atoms with Crippen LogP contribution in [0.2, 0.25) is 0 Å². The molecular formula is C22H36O7. The molecule has 1 fully saturated rings. The molecule has 7 heteroatoms. The lowest BCUT2D eigenvalue weighted by atomic mass is 9.98. The molecule has 29 heavy (non-hydrogen) atoms. The van der Waals surface area contributed by atoms with Crippen LogP contribution in [0.15, 0.2) is 12.2 Å². The number of hydrogen-bond donors (Lipinski definition) is 0. The summed E-state index contributed by atoms with van der Waals surface area (Å²) in [6.45, 7) is 2.84. The first-order valence-electron chi connectivity index (χ1n) is 10.9. The highest BCUT2D eigenvalue weighted by atomic mass is 16.6. The van der Waals surface area contributed by atoms with E-state index in [4.69, 9.17) is 18.9 Å². The molecule has 0 spiro atoms. The van der Waals surface area contributed by atoms with Crippen molar-refractivity contribution in [2.75, 3.05) is 26.4 Å². The van der Waals surface area contributed by atoms with Crippen LogP contribution in [-0.4, -0.2) is 50.4 Å². The molecule has 0 radical (unpaired) electrons. The average molecular weight is 413 g/mol. The van der Waals surface area contributed by atoms with Gasteiger partial charge in [-0.25, -0.2) is 14.4 Å². The third kappa shape index (κ3) is 14.7. The molecule has 0 N–H and O–H groups in total. The minimum Gasteiger partial charge on any atom is -0.460 e. The smallest absolute Gasteiger partial charge is 0.344 e. The molecule has 0 amide bonds. The van der Waals surface area contributed by atoms with Crippen molar-refractivity contribution in [1.82, 2.24) is 0 Å². The zero-order chi connectivity index (χ0) is 21.2. The summed E-state index contributed by atoms with van der Waals surface area (Å²) in [5, 5.41) is 0. The topological polar surface area (TPSA) is 88.1 Å². The van der Waals surface area contributed by atoms with E-state index in [0.717, 1.165) is 57.1 Å². The normalized spacial score (nSPS) is 14.7. The van der Waals surface area contributed by atoms with Gasteiger partial charge in [0.05, 0.1) is 6.61 Å². The summed E-state index contributed by atoms with van der Waals surface area (Å²) in [5.74, 6) is -2.01. The van der Waals surface area contributed by atoms with Crippen LogP contribution in [0, 0.1) is 0 Å². The third-order valence-corrected chi connectivity index (χ3v) is 4.65. The molecule has 1 rings (SSSR count). The summed E-state index contributed by atoms with van der Waals surface area (Å²) in [4.78, 5) is 34.7. The van der Waals surface area contributed by atoms with Gasteiger partial charge in [-0.3, -0.25) is 0 Å². The van der Waals surface area contributed by atoms with Crippen LogP contribution in [0.3, 0.4) is 0 Å². The monoisotopic (exact) mass is 412 g/mol. The highest BCUT2D eigenvalue weighted by Crippen LogP contribution is 2.20. The molecule has 1 saturated carbocycles. The highest BCUT2D eigenvalue weighted by Gasteiger charge is 2.18. The van der Waals surface area contributed by atoms with Gasteiger partial charge >= 0.3 is 17.9 Å². The molecule has 0 atom stereocenters. The molecule has 0 aliphatic heterocycles. The van der Waals surface area contributed by atoms with Crippen molar-refractivity contribution in [2.45, 2.75) is 83.7 Å². The summed E-state index contributed by atoms with van der Waals surface area (Å²) in [5.41, 5.74) is 0. The minimum absolute atomic E-state index is 0.0799. The zero-order valence-electron chi connectivity index (χ0n) is 17.7. The third-order valence-electron chi connectivity index (χ3n) is 4.65. The van der Waals surface area contributed by atoms with Crippen LogP contribution < -0.4 is 0 Å². The largest absolute Gasteiger partial charge is 0.460 e. The molecule has 0 saturated heterocycles. The van der Waals surface area contributed by atoms with E-state index in [1.54, 1.807) is 0 Å². The van der Waals surface area contributed by atoms with Crippen LogP contribution in [0.4, 0.5) is 0 Å². The number of hydrogen-bond acceptors (Lipinski definition) is 7. The molecule has 0 heterocycles. The van der Waals surface area contributed by atoms with Crippen LogP contribution in [-0.2, 0) is 33.3 Å². The number of ether oxygens (including phenoxy) is 4. The van der Waals surface area contributed by atoms with Crippen molar-refractivity contribution in [3.63, 3.8) is 0 Å². The Kier molecular flexibility index (Phi) is 14.7. The van der Waals surface area contributed by atoms with Crippen LogP contribution in [0.5, 0.6) is 0 Å². The van der Waals surface area contributed by atoms with Gasteiger partial charge in [0.2, 0.25) is 0 Å². The highest BCUT2D eigenvalue weighted by molar-refractivity contribution is 5.92. The Bertz CT molecular complexity index is 495. The maximum Gasteiger partial charge on any atom is 0.344 e. The molecule has 166 valence electrons. The van der Waals surface area contributed by atoms with Gasteiger partial charge in [-0.15, -0.1) is 0 Å². The molecular weight excluding hydrogens is 376 g/mol. The Labute approximate surface area is 174 Å². The molecule has 0 aromatic heterocycles. The van der Waals surface area contributed by atoms with Crippen LogP contribution >= 0.6 is 0 Å². The first-order valence-corrected chi connectivity index (χ1v) is 10.9. The van der Waals surface area contributed by atoms with E-state index in [9.17, 15) is 14.4 Å². The maximum absolute atomic E-state index is 11.6.